The summed E-state index contributed by atoms with van der Waals surface area (Å²) < 4.78 is 14.3. The molecule has 2 N–H and O–H groups in total. The Labute approximate surface area is 125 Å². The first-order valence-electron chi connectivity index (χ1n) is 6.14. The Kier molecular flexibility index (Phi) is 4.74. The van der Waals surface area contributed by atoms with Crippen LogP contribution in [0.2, 0.25) is 0 Å². The van der Waals surface area contributed by atoms with E-state index < -0.39 is 11.9 Å². The maximum absolute atomic E-state index is 13.6. The monoisotopic (exact) mass is 336 g/mol. The van der Waals surface area contributed by atoms with Crippen LogP contribution < -0.4 is 10.6 Å². The van der Waals surface area contributed by atoms with E-state index in [0.29, 0.717) is 4.47 Å². The standard InChI is InChI=1S/C15H14BrFN2O/c1-10(18-12-5-3-2-4-6-12)15(20)19-14-8-7-11(16)9-13(14)17/h2-10,18H,1H3,(H,19,20). The van der Waals surface area contributed by atoms with Gasteiger partial charge in [-0.15, -0.1) is 0 Å². The number of para-hydroxylation sites is 1. The fourth-order valence-electron chi connectivity index (χ4n) is 1.68. The Morgan fingerprint density at radius 3 is 2.55 bits per heavy atom. The van der Waals surface area contributed by atoms with Crippen molar-refractivity contribution in [3.63, 3.8) is 0 Å². The van der Waals surface area contributed by atoms with Crippen LogP contribution in [-0.2, 0) is 4.79 Å². The summed E-state index contributed by atoms with van der Waals surface area (Å²) in [7, 11) is 0. The van der Waals surface area contributed by atoms with Gasteiger partial charge in [-0.3, -0.25) is 4.79 Å². The van der Waals surface area contributed by atoms with Gasteiger partial charge in [0.1, 0.15) is 11.9 Å². The van der Waals surface area contributed by atoms with Crippen LogP contribution in [0.15, 0.2) is 53.0 Å². The molecule has 1 atom stereocenters. The summed E-state index contributed by atoms with van der Waals surface area (Å²) in [6.07, 6.45) is 0. The molecule has 20 heavy (non-hydrogen) atoms. The Morgan fingerprint density at radius 1 is 1.20 bits per heavy atom. The minimum Gasteiger partial charge on any atom is -0.374 e. The van der Waals surface area contributed by atoms with Gasteiger partial charge in [-0.05, 0) is 37.3 Å². The number of carbonyl (C=O) groups is 1. The number of benzene rings is 2. The summed E-state index contributed by atoms with van der Waals surface area (Å²) in [5.41, 5.74) is 1.01. The first-order chi connectivity index (χ1) is 9.56. The fraction of sp³-hybridized carbons (Fsp3) is 0.133. The summed E-state index contributed by atoms with van der Waals surface area (Å²) in [6.45, 7) is 1.72. The molecule has 0 bridgehead atoms. The summed E-state index contributed by atoms with van der Waals surface area (Å²) in [5.74, 6) is -0.769. The van der Waals surface area contributed by atoms with Crippen molar-refractivity contribution in [2.75, 3.05) is 10.6 Å². The Hall–Kier alpha value is -1.88. The second-order valence-corrected chi connectivity index (χ2v) is 5.26. The van der Waals surface area contributed by atoms with Gasteiger partial charge < -0.3 is 10.6 Å². The molecule has 0 aliphatic heterocycles. The van der Waals surface area contributed by atoms with Gasteiger partial charge in [-0.2, -0.15) is 0 Å². The van der Waals surface area contributed by atoms with Gasteiger partial charge in [0.15, 0.2) is 0 Å². The average molecular weight is 337 g/mol. The lowest BCUT2D eigenvalue weighted by Gasteiger charge is -2.15. The van der Waals surface area contributed by atoms with E-state index in [2.05, 4.69) is 26.6 Å². The molecule has 104 valence electrons. The first kappa shape index (κ1) is 14.5. The van der Waals surface area contributed by atoms with E-state index in [-0.39, 0.29) is 11.6 Å². The fourth-order valence-corrected chi connectivity index (χ4v) is 2.01. The van der Waals surface area contributed by atoms with Gasteiger partial charge in [0.2, 0.25) is 5.91 Å². The van der Waals surface area contributed by atoms with E-state index in [1.807, 2.05) is 30.3 Å². The molecular weight excluding hydrogens is 323 g/mol. The van der Waals surface area contributed by atoms with Gasteiger partial charge in [0.25, 0.3) is 0 Å². The minimum atomic E-state index is -0.473. The predicted molar refractivity (Wildman–Crippen MR) is 82.3 cm³/mol. The van der Waals surface area contributed by atoms with E-state index in [4.69, 9.17) is 0 Å². The number of hydrogen-bond donors (Lipinski definition) is 2. The van der Waals surface area contributed by atoms with Crippen molar-refractivity contribution in [1.82, 2.24) is 0 Å². The maximum Gasteiger partial charge on any atom is 0.246 e. The molecule has 0 saturated heterocycles. The van der Waals surface area contributed by atoms with Crippen molar-refractivity contribution in [3.05, 3.63) is 58.8 Å². The Morgan fingerprint density at radius 2 is 1.90 bits per heavy atom. The molecule has 0 heterocycles. The molecule has 0 fully saturated rings. The van der Waals surface area contributed by atoms with Gasteiger partial charge >= 0.3 is 0 Å². The van der Waals surface area contributed by atoms with Crippen LogP contribution in [0.1, 0.15) is 6.92 Å². The van der Waals surface area contributed by atoms with Crippen molar-refractivity contribution >= 4 is 33.2 Å². The molecule has 0 saturated carbocycles. The highest BCUT2D eigenvalue weighted by Crippen LogP contribution is 2.19. The highest BCUT2D eigenvalue weighted by molar-refractivity contribution is 9.10. The minimum absolute atomic E-state index is 0.167. The van der Waals surface area contributed by atoms with Gasteiger partial charge in [-0.25, -0.2) is 4.39 Å². The SMILES string of the molecule is CC(Nc1ccccc1)C(=O)Nc1ccc(Br)cc1F. The third kappa shape index (κ3) is 3.81. The lowest BCUT2D eigenvalue weighted by molar-refractivity contribution is -0.116. The lowest BCUT2D eigenvalue weighted by Crippen LogP contribution is -2.32. The van der Waals surface area contributed by atoms with Gasteiger partial charge in [-0.1, -0.05) is 34.1 Å². The maximum atomic E-state index is 13.6. The highest BCUT2D eigenvalue weighted by Gasteiger charge is 2.14. The molecule has 2 rings (SSSR count). The number of halogens is 2. The van der Waals surface area contributed by atoms with E-state index in [1.165, 1.54) is 12.1 Å². The number of rotatable bonds is 4. The van der Waals surface area contributed by atoms with Gasteiger partial charge in [0, 0.05) is 10.2 Å². The molecule has 5 heteroatoms. The van der Waals surface area contributed by atoms with Crippen LogP contribution >= 0.6 is 15.9 Å². The van der Waals surface area contributed by atoms with E-state index in [9.17, 15) is 9.18 Å². The van der Waals surface area contributed by atoms with Crippen LogP contribution in [0, 0.1) is 5.82 Å². The number of carbonyl (C=O) groups excluding carboxylic acids is 1. The number of anilines is 2. The Balaban J connectivity index is 2.01. The van der Waals surface area contributed by atoms with Crippen LogP contribution in [-0.4, -0.2) is 11.9 Å². The van der Waals surface area contributed by atoms with Crippen LogP contribution in [0.4, 0.5) is 15.8 Å². The predicted octanol–water partition coefficient (Wildman–Crippen LogP) is 4.03. The molecular formula is C15H14BrFN2O. The quantitative estimate of drug-likeness (QED) is 0.885. The van der Waals surface area contributed by atoms with E-state index >= 15 is 0 Å². The van der Waals surface area contributed by atoms with Crippen LogP contribution in [0.3, 0.4) is 0 Å². The molecule has 0 spiro atoms. The lowest BCUT2D eigenvalue weighted by atomic mass is 10.2. The number of amides is 1. The molecule has 0 aromatic heterocycles. The van der Waals surface area contributed by atoms with E-state index in [0.717, 1.165) is 5.69 Å². The smallest absolute Gasteiger partial charge is 0.246 e. The molecule has 2 aromatic rings. The van der Waals surface area contributed by atoms with Crippen molar-refractivity contribution in [2.45, 2.75) is 13.0 Å². The van der Waals surface area contributed by atoms with Gasteiger partial charge in [0.05, 0.1) is 5.69 Å². The Bertz CT molecular complexity index is 604. The molecule has 0 radical (unpaired) electrons. The third-order valence-electron chi connectivity index (χ3n) is 2.74. The molecule has 1 unspecified atom stereocenters. The van der Waals surface area contributed by atoms with Crippen molar-refractivity contribution < 1.29 is 9.18 Å². The number of nitrogens with one attached hydrogen (secondary N) is 2. The number of hydrogen-bond acceptors (Lipinski definition) is 2. The van der Waals surface area contributed by atoms with Crippen molar-refractivity contribution in [2.24, 2.45) is 0 Å². The second-order valence-electron chi connectivity index (χ2n) is 4.35. The largest absolute Gasteiger partial charge is 0.374 e. The first-order valence-corrected chi connectivity index (χ1v) is 6.93. The zero-order chi connectivity index (χ0) is 14.5. The van der Waals surface area contributed by atoms with Crippen LogP contribution in [0.25, 0.3) is 0 Å². The molecule has 0 aliphatic rings. The van der Waals surface area contributed by atoms with Crippen molar-refractivity contribution in [3.8, 4) is 0 Å². The topological polar surface area (TPSA) is 41.1 Å². The van der Waals surface area contributed by atoms with Crippen molar-refractivity contribution in [1.29, 1.82) is 0 Å². The molecule has 3 nitrogen and oxygen atoms in total. The molecule has 2 aromatic carbocycles. The summed E-state index contributed by atoms with van der Waals surface area (Å²) in [4.78, 5) is 12.0. The summed E-state index contributed by atoms with van der Waals surface area (Å²) in [5, 5.41) is 5.61. The van der Waals surface area contributed by atoms with Crippen LogP contribution in [0.5, 0.6) is 0 Å². The zero-order valence-electron chi connectivity index (χ0n) is 10.9. The zero-order valence-corrected chi connectivity index (χ0v) is 12.4. The molecule has 1 amide bonds. The third-order valence-corrected chi connectivity index (χ3v) is 3.23. The summed E-state index contributed by atoms with van der Waals surface area (Å²) >= 11 is 3.17. The summed E-state index contributed by atoms with van der Waals surface area (Å²) in [6, 6.07) is 13.4. The molecule has 0 aliphatic carbocycles. The average Bonchev–Trinajstić information content (AvgIpc) is 2.43. The highest BCUT2D eigenvalue weighted by atomic mass is 79.9. The second kappa shape index (κ2) is 6.52. The normalized spacial score (nSPS) is 11.8. The van der Waals surface area contributed by atoms with E-state index in [1.54, 1.807) is 13.0 Å².